The molecule has 1 heterocycles. The van der Waals surface area contributed by atoms with E-state index in [4.69, 9.17) is 4.74 Å². The Kier molecular flexibility index (Phi) is 3.73. The lowest BCUT2D eigenvalue weighted by molar-refractivity contribution is 0.0524. The number of esters is 1. The van der Waals surface area contributed by atoms with E-state index in [1.165, 1.54) is 19.0 Å². The predicted molar refractivity (Wildman–Crippen MR) is 73.2 cm³/mol. The van der Waals surface area contributed by atoms with E-state index in [2.05, 4.69) is 29.1 Å². The summed E-state index contributed by atoms with van der Waals surface area (Å²) in [5.41, 5.74) is 1.07. The van der Waals surface area contributed by atoms with Gasteiger partial charge in [0, 0.05) is 11.7 Å². The number of nitrogens with zero attached hydrogens (tertiary/aromatic N) is 2. The SMILES string of the molecule is CCOC(=O)c1cnc(NC(C)(C)C2CC2)nc1C. The van der Waals surface area contributed by atoms with Crippen molar-refractivity contribution in [1.29, 1.82) is 0 Å². The molecular formula is C14H21N3O2. The molecule has 2 rings (SSSR count). The zero-order valence-electron chi connectivity index (χ0n) is 12.0. The maximum Gasteiger partial charge on any atom is 0.341 e. The molecule has 0 aliphatic heterocycles. The third-order valence-corrected chi connectivity index (χ3v) is 3.51. The summed E-state index contributed by atoms with van der Waals surface area (Å²) >= 11 is 0. The molecule has 0 saturated heterocycles. The van der Waals surface area contributed by atoms with Gasteiger partial charge in [0.05, 0.1) is 17.9 Å². The third kappa shape index (κ3) is 3.22. The Bertz CT molecular complexity index is 482. The second kappa shape index (κ2) is 5.15. The Balaban J connectivity index is 2.12. The van der Waals surface area contributed by atoms with Crippen molar-refractivity contribution < 1.29 is 9.53 Å². The van der Waals surface area contributed by atoms with Gasteiger partial charge >= 0.3 is 5.97 Å². The molecule has 0 amide bonds. The second-order valence-corrected chi connectivity index (χ2v) is 5.53. The minimum Gasteiger partial charge on any atom is -0.462 e. The zero-order valence-corrected chi connectivity index (χ0v) is 12.0. The first-order chi connectivity index (χ1) is 8.94. The van der Waals surface area contributed by atoms with Crippen LogP contribution in [0.25, 0.3) is 0 Å². The van der Waals surface area contributed by atoms with E-state index >= 15 is 0 Å². The quantitative estimate of drug-likeness (QED) is 0.827. The van der Waals surface area contributed by atoms with Crippen LogP contribution in [0.5, 0.6) is 0 Å². The largest absolute Gasteiger partial charge is 0.462 e. The molecule has 0 bridgehead atoms. The van der Waals surface area contributed by atoms with Crippen LogP contribution in [0.3, 0.4) is 0 Å². The van der Waals surface area contributed by atoms with Crippen molar-refractivity contribution in [2.45, 2.75) is 46.1 Å². The molecule has 1 aliphatic rings. The van der Waals surface area contributed by atoms with Crippen LogP contribution in [0.1, 0.15) is 49.7 Å². The standard InChI is InChI=1S/C14H21N3O2/c1-5-19-12(18)11-8-15-13(16-9(11)2)17-14(3,4)10-6-7-10/h8,10H,5-7H2,1-4H3,(H,15,16,17). The summed E-state index contributed by atoms with van der Waals surface area (Å²) in [6, 6.07) is 0. The molecule has 1 N–H and O–H groups in total. The normalized spacial score (nSPS) is 15.2. The molecule has 1 aromatic heterocycles. The highest BCUT2D eigenvalue weighted by Crippen LogP contribution is 2.40. The molecule has 5 heteroatoms. The first-order valence-electron chi connectivity index (χ1n) is 6.73. The predicted octanol–water partition coefficient (Wildman–Crippen LogP) is 2.56. The maximum absolute atomic E-state index is 11.7. The summed E-state index contributed by atoms with van der Waals surface area (Å²) in [5.74, 6) is 0.886. The van der Waals surface area contributed by atoms with Gasteiger partial charge in [0.2, 0.25) is 5.95 Å². The molecule has 1 fully saturated rings. The first kappa shape index (κ1) is 13.8. The van der Waals surface area contributed by atoms with E-state index in [0.717, 1.165) is 0 Å². The lowest BCUT2D eigenvalue weighted by Crippen LogP contribution is -2.34. The fraction of sp³-hybridized carbons (Fsp3) is 0.643. The van der Waals surface area contributed by atoms with Crippen molar-refractivity contribution >= 4 is 11.9 Å². The number of ether oxygens (including phenoxy) is 1. The molecule has 0 unspecified atom stereocenters. The summed E-state index contributed by atoms with van der Waals surface area (Å²) in [6.07, 6.45) is 4.03. The van der Waals surface area contributed by atoms with Crippen LogP contribution in [-0.4, -0.2) is 28.1 Å². The number of aryl methyl sites for hydroxylation is 1. The second-order valence-electron chi connectivity index (χ2n) is 5.53. The summed E-state index contributed by atoms with van der Waals surface area (Å²) in [5, 5.41) is 3.34. The van der Waals surface area contributed by atoms with E-state index in [9.17, 15) is 4.79 Å². The summed E-state index contributed by atoms with van der Waals surface area (Å²) in [6.45, 7) is 8.24. The van der Waals surface area contributed by atoms with Gasteiger partial charge in [-0.25, -0.2) is 14.8 Å². The van der Waals surface area contributed by atoms with Crippen molar-refractivity contribution in [3.8, 4) is 0 Å². The van der Waals surface area contributed by atoms with Crippen LogP contribution in [0.4, 0.5) is 5.95 Å². The van der Waals surface area contributed by atoms with Gasteiger partial charge < -0.3 is 10.1 Å². The third-order valence-electron chi connectivity index (χ3n) is 3.51. The van der Waals surface area contributed by atoms with Crippen molar-refractivity contribution in [3.63, 3.8) is 0 Å². The lowest BCUT2D eigenvalue weighted by atomic mass is 9.99. The van der Waals surface area contributed by atoms with Crippen molar-refractivity contribution in [2.75, 3.05) is 11.9 Å². The Morgan fingerprint density at radius 2 is 2.21 bits per heavy atom. The van der Waals surface area contributed by atoms with Crippen LogP contribution in [0.15, 0.2) is 6.20 Å². The number of anilines is 1. The Hall–Kier alpha value is -1.65. The van der Waals surface area contributed by atoms with Gasteiger partial charge in [-0.1, -0.05) is 0 Å². The molecule has 1 aromatic rings. The minimum atomic E-state index is -0.368. The monoisotopic (exact) mass is 263 g/mol. The molecule has 0 atom stereocenters. The van der Waals surface area contributed by atoms with Crippen LogP contribution in [0.2, 0.25) is 0 Å². The number of hydrogen-bond donors (Lipinski definition) is 1. The van der Waals surface area contributed by atoms with Crippen molar-refractivity contribution in [1.82, 2.24) is 9.97 Å². The molecule has 0 spiro atoms. The lowest BCUT2D eigenvalue weighted by Gasteiger charge is -2.26. The van der Waals surface area contributed by atoms with E-state index in [0.29, 0.717) is 29.7 Å². The molecular weight excluding hydrogens is 242 g/mol. The smallest absolute Gasteiger partial charge is 0.341 e. The fourth-order valence-corrected chi connectivity index (χ4v) is 2.13. The van der Waals surface area contributed by atoms with E-state index < -0.39 is 0 Å². The Labute approximate surface area is 113 Å². The van der Waals surface area contributed by atoms with Gasteiger partial charge in [0.15, 0.2) is 0 Å². The van der Waals surface area contributed by atoms with Gasteiger partial charge in [0.25, 0.3) is 0 Å². The van der Waals surface area contributed by atoms with Crippen LogP contribution in [-0.2, 0) is 4.74 Å². The summed E-state index contributed by atoms with van der Waals surface area (Å²) in [7, 11) is 0. The summed E-state index contributed by atoms with van der Waals surface area (Å²) < 4.78 is 4.96. The average molecular weight is 263 g/mol. The van der Waals surface area contributed by atoms with E-state index in [1.807, 2.05) is 0 Å². The van der Waals surface area contributed by atoms with E-state index in [-0.39, 0.29) is 11.5 Å². The number of aromatic nitrogens is 2. The highest BCUT2D eigenvalue weighted by atomic mass is 16.5. The van der Waals surface area contributed by atoms with E-state index in [1.54, 1.807) is 13.8 Å². The number of rotatable bonds is 5. The molecule has 1 saturated carbocycles. The highest BCUT2D eigenvalue weighted by Gasteiger charge is 2.38. The molecule has 104 valence electrons. The molecule has 1 aliphatic carbocycles. The van der Waals surface area contributed by atoms with Crippen LogP contribution in [0, 0.1) is 12.8 Å². The molecule has 0 aromatic carbocycles. The molecule has 5 nitrogen and oxygen atoms in total. The number of carbonyl (C=O) groups excluding carboxylic acids is 1. The van der Waals surface area contributed by atoms with Gasteiger partial charge in [-0.3, -0.25) is 0 Å². The zero-order chi connectivity index (χ0) is 14.0. The van der Waals surface area contributed by atoms with Crippen molar-refractivity contribution in [2.24, 2.45) is 5.92 Å². The van der Waals surface area contributed by atoms with Crippen LogP contribution < -0.4 is 5.32 Å². The molecule has 0 radical (unpaired) electrons. The topological polar surface area (TPSA) is 64.1 Å². The maximum atomic E-state index is 11.7. The first-order valence-corrected chi connectivity index (χ1v) is 6.73. The fourth-order valence-electron chi connectivity index (χ4n) is 2.13. The Morgan fingerprint density at radius 3 is 2.74 bits per heavy atom. The van der Waals surface area contributed by atoms with Crippen LogP contribution >= 0.6 is 0 Å². The van der Waals surface area contributed by atoms with Crippen molar-refractivity contribution in [3.05, 3.63) is 17.5 Å². The number of carbonyl (C=O) groups is 1. The van der Waals surface area contributed by atoms with Gasteiger partial charge in [-0.2, -0.15) is 0 Å². The average Bonchev–Trinajstić information content (AvgIpc) is 3.12. The highest BCUT2D eigenvalue weighted by molar-refractivity contribution is 5.90. The number of hydrogen-bond acceptors (Lipinski definition) is 5. The number of nitrogens with one attached hydrogen (secondary N) is 1. The molecule has 19 heavy (non-hydrogen) atoms. The van der Waals surface area contributed by atoms with Gasteiger partial charge in [-0.15, -0.1) is 0 Å². The van der Waals surface area contributed by atoms with Gasteiger partial charge in [0.1, 0.15) is 0 Å². The minimum absolute atomic E-state index is 0.00210. The van der Waals surface area contributed by atoms with Gasteiger partial charge in [-0.05, 0) is 46.5 Å². The summed E-state index contributed by atoms with van der Waals surface area (Å²) in [4.78, 5) is 20.2. The Morgan fingerprint density at radius 1 is 1.53 bits per heavy atom.